The summed E-state index contributed by atoms with van der Waals surface area (Å²) in [5.74, 6) is -1.40. The number of benzene rings is 2. The second-order valence-electron chi connectivity index (χ2n) is 7.64. The minimum atomic E-state index is -4.12. The normalized spacial score (nSPS) is 17.3. The van der Waals surface area contributed by atoms with Crippen molar-refractivity contribution in [1.82, 2.24) is 9.80 Å². The van der Waals surface area contributed by atoms with Crippen molar-refractivity contribution in [2.75, 3.05) is 27.2 Å². The lowest BCUT2D eigenvalue weighted by molar-refractivity contribution is -0.129. The van der Waals surface area contributed by atoms with Crippen LogP contribution in [-0.2, 0) is 14.6 Å². The first kappa shape index (κ1) is 22.3. The molecule has 8 heteroatoms. The van der Waals surface area contributed by atoms with Crippen LogP contribution in [0.1, 0.15) is 23.6 Å². The highest BCUT2D eigenvalue weighted by Gasteiger charge is 2.46. The number of sulfone groups is 1. The zero-order chi connectivity index (χ0) is 22.1. The summed E-state index contributed by atoms with van der Waals surface area (Å²) in [6.07, 6.45) is 0.642. The number of carbonyl (C=O) groups excluding carboxylic acids is 1. The van der Waals surface area contributed by atoms with Gasteiger partial charge in [0.1, 0.15) is 4.91 Å². The number of hydrogen-bond acceptors (Lipinski definition) is 5. The van der Waals surface area contributed by atoms with E-state index in [4.69, 9.17) is 11.6 Å². The average Bonchev–Trinajstić information content (AvgIpc) is 2.94. The van der Waals surface area contributed by atoms with Crippen molar-refractivity contribution in [2.24, 2.45) is 0 Å². The number of amides is 1. The van der Waals surface area contributed by atoms with Gasteiger partial charge < -0.3 is 14.9 Å². The molecule has 0 unspecified atom stereocenters. The Kier molecular flexibility index (Phi) is 6.55. The van der Waals surface area contributed by atoms with Crippen molar-refractivity contribution in [3.05, 3.63) is 75.3 Å². The van der Waals surface area contributed by atoms with Crippen LogP contribution in [0, 0.1) is 6.92 Å². The summed E-state index contributed by atoms with van der Waals surface area (Å²) in [5.41, 5.74) is 1.65. The number of rotatable bonds is 7. The fraction of sp³-hybridized carbons (Fsp3) is 0.318. The van der Waals surface area contributed by atoms with Gasteiger partial charge in [0.2, 0.25) is 9.84 Å². The molecule has 30 heavy (non-hydrogen) atoms. The molecule has 1 atom stereocenters. The summed E-state index contributed by atoms with van der Waals surface area (Å²) < 4.78 is 26.9. The Balaban J connectivity index is 2.09. The third kappa shape index (κ3) is 4.38. The zero-order valence-electron chi connectivity index (χ0n) is 17.2. The van der Waals surface area contributed by atoms with E-state index in [1.54, 1.807) is 12.1 Å². The Morgan fingerprint density at radius 2 is 1.67 bits per heavy atom. The molecule has 2 aromatic rings. The highest BCUT2D eigenvalue weighted by molar-refractivity contribution is 7.95. The molecule has 1 heterocycles. The number of nitrogens with zero attached hydrogens (tertiary/aromatic N) is 2. The van der Waals surface area contributed by atoms with Crippen LogP contribution < -0.4 is 0 Å². The van der Waals surface area contributed by atoms with Gasteiger partial charge in [-0.15, -0.1) is 0 Å². The minimum Gasteiger partial charge on any atom is -0.502 e. The molecule has 0 saturated heterocycles. The van der Waals surface area contributed by atoms with Crippen LogP contribution in [0.4, 0.5) is 0 Å². The molecule has 0 radical (unpaired) electrons. The maximum atomic E-state index is 13.4. The van der Waals surface area contributed by atoms with Gasteiger partial charge in [0, 0.05) is 11.6 Å². The fourth-order valence-electron chi connectivity index (χ4n) is 3.51. The first-order chi connectivity index (χ1) is 14.1. The van der Waals surface area contributed by atoms with Gasteiger partial charge in [-0.1, -0.05) is 41.4 Å². The molecule has 160 valence electrons. The van der Waals surface area contributed by atoms with Crippen molar-refractivity contribution >= 4 is 27.3 Å². The largest absolute Gasteiger partial charge is 0.502 e. The van der Waals surface area contributed by atoms with E-state index in [1.807, 2.05) is 38.1 Å². The SMILES string of the molecule is Cc1ccc([C@@H]2C(S(=O)(=O)c3ccc(Cl)cc3)=C(O)C(=O)N2CCCN(C)C)cc1. The molecule has 3 rings (SSSR count). The molecular weight excluding hydrogens is 424 g/mol. The van der Waals surface area contributed by atoms with Gasteiger partial charge >= 0.3 is 0 Å². The number of aliphatic hydroxyl groups excluding tert-OH is 1. The number of aryl methyl sites for hydroxylation is 1. The summed E-state index contributed by atoms with van der Waals surface area (Å²) >= 11 is 5.90. The smallest absolute Gasteiger partial charge is 0.290 e. The molecule has 6 nitrogen and oxygen atoms in total. The lowest BCUT2D eigenvalue weighted by Crippen LogP contribution is -2.33. The summed E-state index contributed by atoms with van der Waals surface area (Å²) in [6, 6.07) is 12.1. The van der Waals surface area contributed by atoms with E-state index >= 15 is 0 Å². The van der Waals surface area contributed by atoms with Gasteiger partial charge in [0.25, 0.3) is 5.91 Å². The number of aliphatic hydroxyl groups is 1. The number of carbonyl (C=O) groups is 1. The van der Waals surface area contributed by atoms with Gasteiger partial charge in [0.05, 0.1) is 10.9 Å². The van der Waals surface area contributed by atoms with Crippen LogP contribution in [-0.4, -0.2) is 56.4 Å². The van der Waals surface area contributed by atoms with Gasteiger partial charge in [-0.3, -0.25) is 4.79 Å². The first-order valence-corrected chi connectivity index (χ1v) is 11.4. The Labute approximate surface area is 182 Å². The summed E-state index contributed by atoms with van der Waals surface area (Å²) in [5, 5.41) is 11.0. The molecule has 0 fully saturated rings. The second-order valence-corrected chi connectivity index (χ2v) is 9.99. The van der Waals surface area contributed by atoms with Crippen LogP contribution in [0.3, 0.4) is 0 Å². The van der Waals surface area contributed by atoms with Crippen LogP contribution in [0.5, 0.6) is 0 Å². The maximum absolute atomic E-state index is 13.4. The highest BCUT2D eigenvalue weighted by Crippen LogP contribution is 2.42. The molecule has 2 aromatic carbocycles. The fourth-order valence-corrected chi connectivity index (χ4v) is 5.29. The monoisotopic (exact) mass is 448 g/mol. The van der Waals surface area contributed by atoms with E-state index in [-0.39, 0.29) is 9.80 Å². The molecule has 0 bridgehead atoms. The molecule has 0 saturated carbocycles. The van der Waals surface area contributed by atoms with Gasteiger partial charge in [0.15, 0.2) is 5.76 Å². The summed E-state index contributed by atoms with van der Waals surface area (Å²) in [6.45, 7) is 2.97. The Morgan fingerprint density at radius 1 is 1.07 bits per heavy atom. The first-order valence-electron chi connectivity index (χ1n) is 9.59. The summed E-state index contributed by atoms with van der Waals surface area (Å²) in [4.78, 5) is 16.0. The molecule has 1 amide bonds. The molecule has 0 aliphatic carbocycles. The average molecular weight is 449 g/mol. The van der Waals surface area contributed by atoms with Gasteiger partial charge in [-0.2, -0.15) is 0 Å². The third-order valence-corrected chi connectivity index (χ3v) is 7.21. The van der Waals surface area contributed by atoms with Crippen LogP contribution in [0.25, 0.3) is 0 Å². The van der Waals surface area contributed by atoms with E-state index in [0.29, 0.717) is 23.6 Å². The molecule has 1 aliphatic rings. The summed E-state index contributed by atoms with van der Waals surface area (Å²) in [7, 11) is -0.269. The van der Waals surface area contributed by atoms with E-state index in [9.17, 15) is 18.3 Å². The van der Waals surface area contributed by atoms with Crippen LogP contribution >= 0.6 is 11.6 Å². The molecule has 0 aromatic heterocycles. The van der Waals surface area contributed by atoms with Crippen molar-refractivity contribution in [1.29, 1.82) is 0 Å². The maximum Gasteiger partial charge on any atom is 0.290 e. The van der Waals surface area contributed by atoms with E-state index < -0.39 is 27.5 Å². The van der Waals surface area contributed by atoms with Crippen LogP contribution in [0.15, 0.2) is 64.1 Å². The van der Waals surface area contributed by atoms with Gasteiger partial charge in [-0.05, 0) is 63.8 Å². The van der Waals surface area contributed by atoms with Gasteiger partial charge in [-0.25, -0.2) is 8.42 Å². The molecule has 1 N–H and O–H groups in total. The van der Waals surface area contributed by atoms with Crippen molar-refractivity contribution in [2.45, 2.75) is 24.3 Å². The van der Waals surface area contributed by atoms with Crippen molar-refractivity contribution in [3.8, 4) is 0 Å². The quantitative estimate of drug-likeness (QED) is 0.698. The highest BCUT2D eigenvalue weighted by atomic mass is 35.5. The predicted octanol–water partition coefficient (Wildman–Crippen LogP) is 3.73. The zero-order valence-corrected chi connectivity index (χ0v) is 18.7. The third-order valence-electron chi connectivity index (χ3n) is 5.07. The lowest BCUT2D eigenvalue weighted by atomic mass is 10.0. The Bertz CT molecular complexity index is 1060. The predicted molar refractivity (Wildman–Crippen MR) is 117 cm³/mol. The standard InChI is InChI=1S/C22H25ClN2O4S/c1-15-5-7-16(8-6-15)19-21(30(28,29)18-11-9-17(23)10-12-18)20(26)22(27)25(19)14-4-13-24(2)3/h5-12,19,26H,4,13-14H2,1-3H3/t19-/m1/s1. The van der Waals surface area contributed by atoms with E-state index in [1.165, 1.54) is 29.2 Å². The second kappa shape index (κ2) is 8.79. The number of hydrogen-bond donors (Lipinski definition) is 1. The molecule has 0 spiro atoms. The Morgan fingerprint density at radius 3 is 2.23 bits per heavy atom. The molecular formula is C22H25ClN2O4S. The number of halogens is 1. The van der Waals surface area contributed by atoms with Crippen molar-refractivity contribution in [3.63, 3.8) is 0 Å². The van der Waals surface area contributed by atoms with E-state index in [2.05, 4.69) is 0 Å². The van der Waals surface area contributed by atoms with E-state index in [0.717, 1.165) is 12.1 Å². The molecule has 1 aliphatic heterocycles. The minimum absolute atomic E-state index is 0.0199. The topological polar surface area (TPSA) is 77.9 Å². The Hall–Kier alpha value is -2.35. The van der Waals surface area contributed by atoms with Crippen LogP contribution in [0.2, 0.25) is 5.02 Å². The lowest BCUT2D eigenvalue weighted by Gasteiger charge is -2.27. The van der Waals surface area contributed by atoms with Crippen molar-refractivity contribution < 1.29 is 18.3 Å².